The zero-order valence-corrected chi connectivity index (χ0v) is 12.1. The number of nitrogens with one attached hydrogen (secondary N) is 1. The first-order chi connectivity index (χ1) is 9.22. The molecule has 1 aromatic rings. The molecule has 0 amide bonds. The second-order valence-electron chi connectivity index (χ2n) is 5.16. The Hall–Kier alpha value is -1.04. The molecule has 0 aromatic carbocycles. The number of nitrogens with zero attached hydrogens (tertiary/aromatic N) is 3. The van der Waals surface area contributed by atoms with E-state index in [4.69, 9.17) is 4.74 Å². The average Bonchev–Trinajstić information content (AvgIpc) is 2.49. The highest BCUT2D eigenvalue weighted by atomic mass is 16.5. The molecule has 2 unspecified atom stereocenters. The van der Waals surface area contributed by atoms with E-state index in [0.29, 0.717) is 0 Å². The number of aromatic nitrogens is 2. The summed E-state index contributed by atoms with van der Waals surface area (Å²) in [6, 6.07) is 0.171. The van der Waals surface area contributed by atoms with Crippen molar-refractivity contribution in [3.63, 3.8) is 0 Å². The van der Waals surface area contributed by atoms with Crippen molar-refractivity contribution in [2.24, 2.45) is 0 Å². The number of hydrogen-bond acceptors (Lipinski definition) is 5. The maximum absolute atomic E-state index is 5.47. The molecule has 1 fully saturated rings. The van der Waals surface area contributed by atoms with Crippen LogP contribution in [0.3, 0.4) is 0 Å². The average molecular weight is 264 g/mol. The number of rotatable bonds is 5. The van der Waals surface area contributed by atoms with Crippen molar-refractivity contribution in [1.82, 2.24) is 20.2 Å². The number of likely N-dealkylation sites (N-methyl/N-ethyl adjacent to an activating group) is 1. The lowest BCUT2D eigenvalue weighted by molar-refractivity contribution is -0.0325. The van der Waals surface area contributed by atoms with Gasteiger partial charge in [-0.05, 0) is 20.4 Å². The van der Waals surface area contributed by atoms with E-state index in [-0.39, 0.29) is 11.6 Å². The third kappa shape index (κ3) is 2.94. The van der Waals surface area contributed by atoms with Gasteiger partial charge in [-0.2, -0.15) is 0 Å². The summed E-state index contributed by atoms with van der Waals surface area (Å²) in [5.74, 6) is 0. The minimum Gasteiger partial charge on any atom is -0.379 e. The molecular weight excluding hydrogens is 240 g/mol. The highest BCUT2D eigenvalue weighted by molar-refractivity contribution is 5.11. The Morgan fingerprint density at radius 1 is 1.42 bits per heavy atom. The third-order valence-corrected chi connectivity index (χ3v) is 4.24. The molecule has 1 aliphatic rings. The molecule has 0 aliphatic carbocycles. The molecule has 5 nitrogen and oxygen atoms in total. The molecule has 1 aromatic heterocycles. The molecule has 1 N–H and O–H groups in total. The summed E-state index contributed by atoms with van der Waals surface area (Å²) in [7, 11) is 1.99. The number of morpholine rings is 1. The Kier molecular flexibility index (Phi) is 4.85. The molecule has 0 spiro atoms. The smallest absolute Gasteiger partial charge is 0.0774 e. The van der Waals surface area contributed by atoms with Crippen LogP contribution in [-0.2, 0) is 4.74 Å². The maximum atomic E-state index is 5.47. The zero-order chi connectivity index (χ0) is 13.7. The van der Waals surface area contributed by atoms with Gasteiger partial charge < -0.3 is 10.1 Å². The normalized spacial score (nSPS) is 21.8. The number of hydrogen-bond donors (Lipinski definition) is 1. The first-order valence-electron chi connectivity index (χ1n) is 6.98. The summed E-state index contributed by atoms with van der Waals surface area (Å²) in [4.78, 5) is 11.2. The molecular formula is C14H24N4O. The van der Waals surface area contributed by atoms with Gasteiger partial charge in [0, 0.05) is 31.0 Å². The van der Waals surface area contributed by atoms with Crippen LogP contribution in [0.1, 0.15) is 32.0 Å². The topological polar surface area (TPSA) is 50.3 Å². The van der Waals surface area contributed by atoms with Crippen molar-refractivity contribution in [3.05, 3.63) is 24.3 Å². The maximum Gasteiger partial charge on any atom is 0.0774 e. The monoisotopic (exact) mass is 264 g/mol. The number of ether oxygens (including phenoxy) is 1. The molecule has 0 bridgehead atoms. The van der Waals surface area contributed by atoms with Crippen LogP contribution in [0.4, 0.5) is 0 Å². The van der Waals surface area contributed by atoms with Crippen LogP contribution in [0.5, 0.6) is 0 Å². The van der Waals surface area contributed by atoms with Gasteiger partial charge >= 0.3 is 0 Å². The van der Waals surface area contributed by atoms with Crippen LogP contribution in [0, 0.1) is 0 Å². The van der Waals surface area contributed by atoms with Crippen molar-refractivity contribution in [1.29, 1.82) is 0 Å². The van der Waals surface area contributed by atoms with Crippen molar-refractivity contribution in [2.45, 2.75) is 31.8 Å². The predicted molar refractivity (Wildman–Crippen MR) is 74.9 cm³/mol. The van der Waals surface area contributed by atoms with Gasteiger partial charge in [-0.25, -0.2) is 0 Å². The van der Waals surface area contributed by atoms with Crippen LogP contribution < -0.4 is 5.32 Å². The fraction of sp³-hybridized carbons (Fsp3) is 0.714. The Morgan fingerprint density at radius 3 is 2.68 bits per heavy atom. The Bertz CT molecular complexity index is 380. The molecule has 2 heterocycles. The molecule has 1 aliphatic heterocycles. The van der Waals surface area contributed by atoms with Gasteiger partial charge in [-0.3, -0.25) is 14.9 Å². The fourth-order valence-electron chi connectivity index (χ4n) is 2.92. The zero-order valence-electron chi connectivity index (χ0n) is 12.1. The standard InChI is InChI=1S/C14H24N4O/c1-4-14(2,18-7-9-19-10-8-18)13(15-3)12-11-16-5-6-17-12/h5-6,11,13,15H,4,7-10H2,1-3H3. The van der Waals surface area contributed by atoms with Gasteiger partial charge in [0.25, 0.3) is 0 Å². The summed E-state index contributed by atoms with van der Waals surface area (Å²) in [6.07, 6.45) is 6.38. The van der Waals surface area contributed by atoms with Crippen molar-refractivity contribution in [2.75, 3.05) is 33.4 Å². The summed E-state index contributed by atoms with van der Waals surface area (Å²) in [5.41, 5.74) is 1.02. The molecule has 1 saturated heterocycles. The molecule has 0 radical (unpaired) electrons. The van der Waals surface area contributed by atoms with Gasteiger partial charge in [0.1, 0.15) is 0 Å². The summed E-state index contributed by atoms with van der Waals surface area (Å²) in [6.45, 7) is 8.11. The Morgan fingerprint density at radius 2 is 2.16 bits per heavy atom. The van der Waals surface area contributed by atoms with E-state index < -0.39 is 0 Å². The lowest BCUT2D eigenvalue weighted by Gasteiger charge is -2.47. The van der Waals surface area contributed by atoms with Gasteiger partial charge in [-0.1, -0.05) is 6.92 Å². The fourth-order valence-corrected chi connectivity index (χ4v) is 2.92. The quantitative estimate of drug-likeness (QED) is 0.867. The second-order valence-corrected chi connectivity index (χ2v) is 5.16. The van der Waals surface area contributed by atoms with E-state index in [9.17, 15) is 0 Å². The molecule has 2 atom stereocenters. The largest absolute Gasteiger partial charge is 0.379 e. The molecule has 0 saturated carbocycles. The van der Waals surface area contributed by atoms with Crippen LogP contribution in [-0.4, -0.2) is 53.8 Å². The van der Waals surface area contributed by atoms with Gasteiger partial charge in [0.15, 0.2) is 0 Å². The minimum atomic E-state index is 0.0224. The van der Waals surface area contributed by atoms with Gasteiger partial charge in [0.05, 0.1) is 31.1 Å². The van der Waals surface area contributed by atoms with E-state index >= 15 is 0 Å². The second kappa shape index (κ2) is 6.41. The van der Waals surface area contributed by atoms with E-state index in [0.717, 1.165) is 38.4 Å². The van der Waals surface area contributed by atoms with Crippen LogP contribution in [0.15, 0.2) is 18.6 Å². The lowest BCUT2D eigenvalue weighted by atomic mass is 9.85. The third-order valence-electron chi connectivity index (χ3n) is 4.24. The molecule has 19 heavy (non-hydrogen) atoms. The first-order valence-corrected chi connectivity index (χ1v) is 6.98. The summed E-state index contributed by atoms with van der Waals surface area (Å²) >= 11 is 0. The van der Waals surface area contributed by atoms with Crippen molar-refractivity contribution < 1.29 is 4.74 Å². The Balaban J connectivity index is 2.26. The van der Waals surface area contributed by atoms with E-state index in [2.05, 4.69) is 34.0 Å². The van der Waals surface area contributed by atoms with Crippen molar-refractivity contribution >= 4 is 0 Å². The van der Waals surface area contributed by atoms with E-state index in [1.807, 2.05) is 13.2 Å². The summed E-state index contributed by atoms with van der Waals surface area (Å²) < 4.78 is 5.47. The minimum absolute atomic E-state index is 0.0224. The highest BCUT2D eigenvalue weighted by Crippen LogP contribution is 2.33. The Labute approximate surface area is 115 Å². The van der Waals surface area contributed by atoms with Gasteiger partial charge in [0.2, 0.25) is 0 Å². The molecule has 2 rings (SSSR count). The summed E-state index contributed by atoms with van der Waals surface area (Å²) in [5, 5.41) is 3.42. The SMILES string of the molecule is CCC(C)(C(NC)c1cnccn1)N1CCOCC1. The van der Waals surface area contributed by atoms with Crippen LogP contribution >= 0.6 is 0 Å². The molecule has 5 heteroatoms. The predicted octanol–water partition coefficient (Wildman–Crippen LogP) is 1.24. The van der Waals surface area contributed by atoms with Crippen molar-refractivity contribution in [3.8, 4) is 0 Å². The molecule has 106 valence electrons. The lowest BCUT2D eigenvalue weighted by Crippen LogP contribution is -2.57. The van der Waals surface area contributed by atoms with E-state index in [1.165, 1.54) is 0 Å². The first kappa shape index (κ1) is 14.4. The van der Waals surface area contributed by atoms with E-state index in [1.54, 1.807) is 12.4 Å². The highest BCUT2D eigenvalue weighted by Gasteiger charge is 2.39. The van der Waals surface area contributed by atoms with Gasteiger partial charge in [-0.15, -0.1) is 0 Å². The van der Waals surface area contributed by atoms with Crippen LogP contribution in [0.25, 0.3) is 0 Å². The van der Waals surface area contributed by atoms with Crippen LogP contribution in [0.2, 0.25) is 0 Å².